The molecule has 4 nitrogen and oxygen atoms in total. The van der Waals surface area contributed by atoms with Crippen LogP contribution in [0.3, 0.4) is 0 Å². The van der Waals surface area contributed by atoms with E-state index < -0.39 is 55.6 Å². The van der Waals surface area contributed by atoms with Crippen LogP contribution in [0.25, 0.3) is 0 Å². The maximum atomic E-state index is 13.3. The number of hydrogen-bond donors (Lipinski definition) is 0. The number of halogens is 11. The average Bonchev–Trinajstić information content (AvgIpc) is 2.60. The molecule has 0 aliphatic rings. The average molecular weight is 512 g/mol. The predicted molar refractivity (Wildman–Crippen MR) is 88.1 cm³/mol. The molecule has 0 amide bonds. The Labute approximate surface area is 178 Å². The molecule has 170 valence electrons. The Kier molecular flexibility index (Phi) is 8.60. The van der Waals surface area contributed by atoms with Gasteiger partial charge in [0.2, 0.25) is 0 Å². The number of rotatable bonds is 9. The summed E-state index contributed by atoms with van der Waals surface area (Å²) >= 11 is 17.1. The number of esters is 2. The number of carbonyl (C=O) groups excluding carboxylic acids is 2. The zero-order valence-electron chi connectivity index (χ0n) is 14.1. The number of hydrogen-bond acceptors (Lipinski definition) is 4. The molecule has 0 heterocycles. The van der Waals surface area contributed by atoms with Gasteiger partial charge in [0, 0.05) is 5.02 Å². The van der Waals surface area contributed by atoms with Gasteiger partial charge in [-0.2, -0.15) is 26.3 Å². The molecule has 0 aliphatic carbocycles. The molecule has 0 radical (unpaired) electrons. The largest absolute Gasteiger partial charge is 0.459 e. The van der Waals surface area contributed by atoms with Crippen LogP contribution in [0.2, 0.25) is 15.1 Å². The lowest BCUT2D eigenvalue weighted by molar-refractivity contribution is -0.344. The van der Waals surface area contributed by atoms with Crippen LogP contribution in [-0.2, 0) is 14.3 Å². The van der Waals surface area contributed by atoms with Gasteiger partial charge in [-0.25, -0.2) is 8.78 Å². The molecule has 0 aliphatic heterocycles. The molecule has 0 aromatic heterocycles. The number of carbonyl (C=O) groups is 2. The van der Waals surface area contributed by atoms with Crippen LogP contribution in [0.5, 0.6) is 5.75 Å². The Morgan fingerprint density at radius 2 is 1.37 bits per heavy atom. The number of ether oxygens (including phenoxy) is 2. The predicted octanol–water partition coefficient (Wildman–Crippen LogP) is 6.05. The minimum atomic E-state index is -6.52. The summed E-state index contributed by atoms with van der Waals surface area (Å²) in [6, 6.07) is 2.31. The molecule has 0 fully saturated rings. The fourth-order valence-corrected chi connectivity index (χ4v) is 2.60. The van der Waals surface area contributed by atoms with Crippen LogP contribution in [0.15, 0.2) is 12.1 Å². The first-order valence-corrected chi connectivity index (χ1v) is 8.58. The van der Waals surface area contributed by atoms with E-state index in [0.29, 0.717) is 0 Å². The second-order valence-corrected chi connectivity index (χ2v) is 6.79. The SMILES string of the molecule is O=C(CCC(=O)Oc1c(Cl)cc(Cl)cc1Cl)OCC(F)(F)C(F)(F)C(F)(F)C(F)F. The number of alkyl halides is 8. The highest BCUT2D eigenvalue weighted by atomic mass is 35.5. The van der Waals surface area contributed by atoms with Crippen LogP contribution in [0.4, 0.5) is 35.1 Å². The summed E-state index contributed by atoms with van der Waals surface area (Å²) < 4.78 is 110. The van der Waals surface area contributed by atoms with Crippen molar-refractivity contribution in [3.8, 4) is 5.75 Å². The topological polar surface area (TPSA) is 52.6 Å². The highest BCUT2D eigenvalue weighted by molar-refractivity contribution is 6.40. The molecule has 0 saturated carbocycles. The van der Waals surface area contributed by atoms with Crippen molar-refractivity contribution in [3.63, 3.8) is 0 Å². The van der Waals surface area contributed by atoms with E-state index >= 15 is 0 Å². The minimum absolute atomic E-state index is 0.100. The van der Waals surface area contributed by atoms with Crippen molar-refractivity contribution >= 4 is 46.7 Å². The third-order valence-corrected chi connectivity index (χ3v) is 4.06. The van der Waals surface area contributed by atoms with E-state index in [0.717, 1.165) is 12.1 Å². The summed E-state index contributed by atoms with van der Waals surface area (Å²) in [5, 5.41) is -0.279. The van der Waals surface area contributed by atoms with Crippen LogP contribution < -0.4 is 4.74 Å². The summed E-state index contributed by atoms with van der Waals surface area (Å²) in [7, 11) is 0. The van der Waals surface area contributed by atoms with Crippen LogP contribution in [0, 0.1) is 0 Å². The molecule has 0 atom stereocenters. The maximum Gasteiger partial charge on any atom is 0.381 e. The molecule has 0 unspecified atom stereocenters. The summed E-state index contributed by atoms with van der Waals surface area (Å²) in [6.45, 7) is -2.63. The Balaban J connectivity index is 2.64. The highest BCUT2D eigenvalue weighted by Crippen LogP contribution is 2.48. The Hall–Kier alpha value is -1.53. The third-order valence-electron chi connectivity index (χ3n) is 3.28. The van der Waals surface area contributed by atoms with Crippen molar-refractivity contribution < 1.29 is 54.2 Å². The van der Waals surface area contributed by atoms with Crippen molar-refractivity contribution in [1.29, 1.82) is 0 Å². The lowest BCUT2D eigenvalue weighted by Gasteiger charge is -2.31. The van der Waals surface area contributed by atoms with Gasteiger partial charge >= 0.3 is 36.1 Å². The first-order chi connectivity index (χ1) is 13.5. The van der Waals surface area contributed by atoms with Gasteiger partial charge < -0.3 is 9.47 Å². The van der Waals surface area contributed by atoms with Crippen molar-refractivity contribution in [2.75, 3.05) is 6.61 Å². The van der Waals surface area contributed by atoms with Crippen LogP contribution in [-0.4, -0.2) is 42.7 Å². The van der Waals surface area contributed by atoms with E-state index in [4.69, 9.17) is 39.5 Å². The summed E-state index contributed by atoms with van der Waals surface area (Å²) in [5.74, 6) is -22.0. The van der Waals surface area contributed by atoms with Crippen molar-refractivity contribution in [2.45, 2.75) is 37.0 Å². The zero-order chi connectivity index (χ0) is 23.5. The van der Waals surface area contributed by atoms with E-state index in [1.54, 1.807) is 0 Å². The summed E-state index contributed by atoms with van der Waals surface area (Å²) in [4.78, 5) is 23.0. The van der Waals surface area contributed by atoms with Gasteiger partial charge in [-0.3, -0.25) is 9.59 Å². The van der Waals surface area contributed by atoms with E-state index in [2.05, 4.69) is 4.74 Å². The molecule has 1 rings (SSSR count). The van der Waals surface area contributed by atoms with Gasteiger partial charge in [0.05, 0.1) is 22.9 Å². The maximum absolute atomic E-state index is 13.3. The Bertz CT molecular complexity index is 781. The lowest BCUT2D eigenvalue weighted by Crippen LogP contribution is -2.59. The quantitative estimate of drug-likeness (QED) is 0.230. The molecule has 15 heteroatoms. The highest BCUT2D eigenvalue weighted by Gasteiger charge is 2.75. The van der Waals surface area contributed by atoms with Crippen molar-refractivity contribution in [2.24, 2.45) is 0 Å². The summed E-state index contributed by atoms with van der Waals surface area (Å²) in [6.07, 6.45) is -6.95. The molecule has 0 saturated heterocycles. The molecule has 30 heavy (non-hydrogen) atoms. The molecular weight excluding hydrogens is 503 g/mol. The minimum Gasteiger partial charge on any atom is -0.459 e. The third kappa shape index (κ3) is 6.01. The second kappa shape index (κ2) is 9.73. The van der Waals surface area contributed by atoms with E-state index in [1.807, 2.05) is 0 Å². The van der Waals surface area contributed by atoms with Gasteiger partial charge in [-0.15, -0.1) is 0 Å². The Morgan fingerprint density at radius 1 is 0.900 bits per heavy atom. The molecule has 0 N–H and O–H groups in total. The molecule has 1 aromatic rings. The summed E-state index contributed by atoms with van der Waals surface area (Å²) in [5.41, 5.74) is 0. The lowest BCUT2D eigenvalue weighted by atomic mass is 10.1. The van der Waals surface area contributed by atoms with E-state index in [-0.39, 0.29) is 20.8 Å². The first-order valence-electron chi connectivity index (χ1n) is 7.45. The van der Waals surface area contributed by atoms with Crippen LogP contribution in [0.1, 0.15) is 12.8 Å². The van der Waals surface area contributed by atoms with Gasteiger partial charge in [0.1, 0.15) is 0 Å². The van der Waals surface area contributed by atoms with Gasteiger partial charge in [-0.05, 0) is 12.1 Å². The molecule has 0 bridgehead atoms. The fourth-order valence-electron chi connectivity index (χ4n) is 1.71. The second-order valence-electron chi connectivity index (χ2n) is 5.54. The van der Waals surface area contributed by atoms with E-state index in [1.165, 1.54) is 0 Å². The fraction of sp³-hybridized carbons (Fsp3) is 0.467. The standard InChI is InChI=1S/C15H9Cl3F8O4/c16-6-3-7(17)11(8(18)4-6)30-10(28)2-1-9(27)29-5-13(21,22)15(25,26)14(23,24)12(19)20/h3-4,12H,1-2,5H2. The van der Waals surface area contributed by atoms with Gasteiger partial charge in [0.15, 0.2) is 12.4 Å². The Morgan fingerprint density at radius 3 is 1.83 bits per heavy atom. The number of benzene rings is 1. The van der Waals surface area contributed by atoms with Crippen molar-refractivity contribution in [3.05, 3.63) is 27.2 Å². The molecular formula is C15H9Cl3F8O4. The normalized spacial score (nSPS) is 12.8. The first kappa shape index (κ1) is 26.5. The van der Waals surface area contributed by atoms with Gasteiger partial charge in [-0.1, -0.05) is 34.8 Å². The smallest absolute Gasteiger partial charge is 0.381 e. The van der Waals surface area contributed by atoms with Gasteiger partial charge in [0.25, 0.3) is 0 Å². The monoisotopic (exact) mass is 510 g/mol. The van der Waals surface area contributed by atoms with Crippen LogP contribution >= 0.6 is 34.8 Å². The zero-order valence-corrected chi connectivity index (χ0v) is 16.4. The van der Waals surface area contributed by atoms with E-state index in [9.17, 15) is 44.7 Å². The van der Waals surface area contributed by atoms with Crippen molar-refractivity contribution in [1.82, 2.24) is 0 Å². The molecule has 0 spiro atoms. The molecule has 1 aromatic carbocycles.